The zero-order valence-electron chi connectivity index (χ0n) is 11.9. The number of benzene rings is 1. The van der Waals surface area contributed by atoms with Crippen LogP contribution in [0.2, 0.25) is 0 Å². The molecule has 19 heavy (non-hydrogen) atoms. The molecule has 1 atom stereocenters. The Balaban J connectivity index is 0.00000180. The van der Waals surface area contributed by atoms with Gasteiger partial charge in [0.1, 0.15) is 12.4 Å². The molecule has 108 valence electrons. The Morgan fingerprint density at radius 1 is 1.32 bits per heavy atom. The van der Waals surface area contributed by atoms with Crippen molar-refractivity contribution in [3.8, 4) is 5.75 Å². The lowest BCUT2D eigenvalue weighted by molar-refractivity contribution is 0.170. The largest absolute Gasteiger partial charge is 0.492 e. The molecule has 1 fully saturated rings. The second kappa shape index (κ2) is 7.73. The van der Waals surface area contributed by atoms with Crippen molar-refractivity contribution < 1.29 is 4.74 Å². The normalized spacial score (nSPS) is 19.8. The summed E-state index contributed by atoms with van der Waals surface area (Å²) < 4.78 is 5.92. The Bertz CT molecular complexity index is 377. The van der Waals surface area contributed by atoms with E-state index < -0.39 is 0 Å². The molecule has 0 bridgehead atoms. The molecule has 0 saturated carbocycles. The van der Waals surface area contributed by atoms with Crippen molar-refractivity contribution in [2.75, 3.05) is 26.2 Å². The number of hydrogen-bond acceptors (Lipinski definition) is 3. The number of piperidine rings is 1. The molecule has 1 heterocycles. The molecule has 0 spiro atoms. The van der Waals surface area contributed by atoms with Crippen LogP contribution in [0.1, 0.15) is 24.0 Å². The molecular formula is C15H25ClN2O. The summed E-state index contributed by atoms with van der Waals surface area (Å²) in [6.45, 7) is 8.08. The molecule has 0 aromatic heterocycles. The van der Waals surface area contributed by atoms with Gasteiger partial charge in [0.2, 0.25) is 0 Å². The third-order valence-corrected chi connectivity index (χ3v) is 3.60. The first-order valence-corrected chi connectivity index (χ1v) is 6.84. The minimum Gasteiger partial charge on any atom is -0.492 e. The van der Waals surface area contributed by atoms with E-state index in [1.165, 1.54) is 17.5 Å². The molecule has 0 radical (unpaired) electrons. The zero-order valence-corrected chi connectivity index (χ0v) is 12.7. The van der Waals surface area contributed by atoms with Gasteiger partial charge in [-0.2, -0.15) is 0 Å². The minimum atomic E-state index is 0. The highest BCUT2D eigenvalue weighted by molar-refractivity contribution is 5.85. The zero-order chi connectivity index (χ0) is 13.0. The van der Waals surface area contributed by atoms with Crippen molar-refractivity contribution >= 4 is 12.4 Å². The van der Waals surface area contributed by atoms with Crippen LogP contribution in [0.5, 0.6) is 5.75 Å². The molecule has 0 amide bonds. The summed E-state index contributed by atoms with van der Waals surface area (Å²) in [6, 6.07) is 6.61. The van der Waals surface area contributed by atoms with Gasteiger partial charge in [0.25, 0.3) is 0 Å². The van der Waals surface area contributed by atoms with Crippen LogP contribution in [0, 0.1) is 13.8 Å². The van der Waals surface area contributed by atoms with Gasteiger partial charge in [0.15, 0.2) is 0 Å². The van der Waals surface area contributed by atoms with Crippen LogP contribution in [-0.4, -0.2) is 37.2 Å². The number of hydrogen-bond donors (Lipinski definition) is 1. The average Bonchev–Trinajstić information content (AvgIpc) is 2.33. The summed E-state index contributed by atoms with van der Waals surface area (Å²) in [5, 5.41) is 0. The van der Waals surface area contributed by atoms with E-state index in [0.717, 1.165) is 38.4 Å². The van der Waals surface area contributed by atoms with E-state index in [1.54, 1.807) is 0 Å². The van der Waals surface area contributed by atoms with E-state index in [2.05, 4.69) is 36.9 Å². The summed E-state index contributed by atoms with van der Waals surface area (Å²) >= 11 is 0. The Morgan fingerprint density at radius 2 is 2.00 bits per heavy atom. The van der Waals surface area contributed by atoms with E-state index in [9.17, 15) is 0 Å². The van der Waals surface area contributed by atoms with Crippen LogP contribution in [0.15, 0.2) is 18.2 Å². The molecule has 3 nitrogen and oxygen atoms in total. The van der Waals surface area contributed by atoms with E-state index in [-0.39, 0.29) is 12.4 Å². The van der Waals surface area contributed by atoms with Gasteiger partial charge in [-0.15, -0.1) is 12.4 Å². The fourth-order valence-corrected chi connectivity index (χ4v) is 2.60. The smallest absolute Gasteiger partial charge is 0.125 e. The first-order valence-electron chi connectivity index (χ1n) is 6.84. The van der Waals surface area contributed by atoms with Crippen LogP contribution < -0.4 is 10.5 Å². The summed E-state index contributed by atoms with van der Waals surface area (Å²) in [6.07, 6.45) is 2.37. The number of para-hydroxylation sites is 1. The molecule has 1 saturated heterocycles. The molecule has 1 aromatic carbocycles. The number of rotatable bonds is 4. The predicted molar refractivity (Wildman–Crippen MR) is 82.3 cm³/mol. The summed E-state index contributed by atoms with van der Waals surface area (Å²) in [5.74, 6) is 1.04. The second-order valence-electron chi connectivity index (χ2n) is 5.27. The Hall–Kier alpha value is -0.770. The van der Waals surface area contributed by atoms with Gasteiger partial charge >= 0.3 is 0 Å². The maximum absolute atomic E-state index is 5.97. The number of likely N-dealkylation sites (tertiary alicyclic amines) is 1. The summed E-state index contributed by atoms with van der Waals surface area (Å²) in [7, 11) is 0. The van der Waals surface area contributed by atoms with Crippen LogP contribution in [0.3, 0.4) is 0 Å². The molecule has 1 aliphatic heterocycles. The van der Waals surface area contributed by atoms with Gasteiger partial charge in [-0.05, 0) is 44.4 Å². The number of ether oxygens (including phenoxy) is 1. The summed E-state index contributed by atoms with van der Waals surface area (Å²) in [4.78, 5) is 2.40. The topological polar surface area (TPSA) is 38.5 Å². The SMILES string of the molecule is Cc1cccc(C)c1OCCN1CCC[C@@H](N)C1.Cl. The molecule has 1 aliphatic rings. The average molecular weight is 285 g/mol. The first-order chi connectivity index (χ1) is 8.66. The van der Waals surface area contributed by atoms with Gasteiger partial charge in [-0.25, -0.2) is 0 Å². The number of nitrogens with two attached hydrogens (primary N) is 1. The lowest BCUT2D eigenvalue weighted by atomic mass is 10.1. The summed E-state index contributed by atoms with van der Waals surface area (Å²) in [5.41, 5.74) is 8.40. The van der Waals surface area contributed by atoms with Gasteiger partial charge < -0.3 is 10.5 Å². The molecule has 0 unspecified atom stereocenters. The fourth-order valence-electron chi connectivity index (χ4n) is 2.60. The van der Waals surface area contributed by atoms with E-state index in [1.807, 2.05) is 0 Å². The van der Waals surface area contributed by atoms with Gasteiger partial charge in [0.05, 0.1) is 0 Å². The highest BCUT2D eigenvalue weighted by atomic mass is 35.5. The lowest BCUT2D eigenvalue weighted by Gasteiger charge is -2.30. The van der Waals surface area contributed by atoms with Crippen LogP contribution >= 0.6 is 12.4 Å². The quantitative estimate of drug-likeness (QED) is 0.923. The third kappa shape index (κ3) is 4.68. The Labute approximate surface area is 122 Å². The molecule has 4 heteroatoms. The number of aryl methyl sites for hydroxylation is 2. The first kappa shape index (κ1) is 16.3. The highest BCUT2D eigenvalue weighted by Crippen LogP contribution is 2.22. The molecule has 2 N–H and O–H groups in total. The van der Waals surface area contributed by atoms with Crippen molar-refractivity contribution in [3.63, 3.8) is 0 Å². The van der Waals surface area contributed by atoms with Crippen molar-refractivity contribution in [3.05, 3.63) is 29.3 Å². The Kier molecular flexibility index (Phi) is 6.63. The van der Waals surface area contributed by atoms with Gasteiger partial charge in [0, 0.05) is 19.1 Å². The number of halogens is 1. The predicted octanol–water partition coefficient (Wildman–Crippen LogP) is 2.53. The van der Waals surface area contributed by atoms with Crippen molar-refractivity contribution in [1.29, 1.82) is 0 Å². The molecule has 1 aromatic rings. The van der Waals surface area contributed by atoms with E-state index in [4.69, 9.17) is 10.5 Å². The standard InChI is InChI=1S/C15H24N2O.ClH/c1-12-5-3-6-13(2)15(12)18-10-9-17-8-4-7-14(16)11-17;/h3,5-6,14H,4,7-11,16H2,1-2H3;1H/t14-;/m1./s1. The molecule has 0 aliphatic carbocycles. The van der Waals surface area contributed by atoms with Crippen molar-refractivity contribution in [2.24, 2.45) is 5.73 Å². The third-order valence-electron chi connectivity index (χ3n) is 3.60. The maximum atomic E-state index is 5.97. The van der Waals surface area contributed by atoms with E-state index in [0.29, 0.717) is 6.04 Å². The van der Waals surface area contributed by atoms with Crippen LogP contribution in [0.25, 0.3) is 0 Å². The van der Waals surface area contributed by atoms with Crippen LogP contribution in [-0.2, 0) is 0 Å². The lowest BCUT2D eigenvalue weighted by Crippen LogP contribution is -2.44. The highest BCUT2D eigenvalue weighted by Gasteiger charge is 2.16. The van der Waals surface area contributed by atoms with E-state index >= 15 is 0 Å². The fraction of sp³-hybridized carbons (Fsp3) is 0.600. The molecule has 2 rings (SSSR count). The minimum absolute atomic E-state index is 0. The van der Waals surface area contributed by atoms with Gasteiger partial charge in [-0.1, -0.05) is 18.2 Å². The van der Waals surface area contributed by atoms with Gasteiger partial charge in [-0.3, -0.25) is 4.90 Å². The Morgan fingerprint density at radius 3 is 2.63 bits per heavy atom. The van der Waals surface area contributed by atoms with Crippen LogP contribution in [0.4, 0.5) is 0 Å². The second-order valence-corrected chi connectivity index (χ2v) is 5.27. The number of nitrogens with zero attached hydrogens (tertiary/aromatic N) is 1. The molecular weight excluding hydrogens is 260 g/mol. The van der Waals surface area contributed by atoms with Crippen molar-refractivity contribution in [2.45, 2.75) is 32.7 Å². The monoisotopic (exact) mass is 284 g/mol. The maximum Gasteiger partial charge on any atom is 0.125 e. The van der Waals surface area contributed by atoms with Crippen molar-refractivity contribution in [1.82, 2.24) is 4.90 Å².